The highest BCUT2D eigenvalue weighted by Gasteiger charge is 2.04. The summed E-state index contributed by atoms with van der Waals surface area (Å²) in [5, 5.41) is 10.1. The molecule has 0 fully saturated rings. The zero-order valence-electron chi connectivity index (χ0n) is 15.1. The van der Waals surface area contributed by atoms with Crippen molar-refractivity contribution in [3.05, 3.63) is 41.2 Å². The smallest absolute Gasteiger partial charge is 0.188 e. The number of benzene rings is 1. The maximum absolute atomic E-state index is 5.90. The summed E-state index contributed by atoms with van der Waals surface area (Å²) in [5.74, 6) is 1.94. The van der Waals surface area contributed by atoms with E-state index in [0.717, 1.165) is 42.0 Å². The molecule has 2 rings (SSSR count). The highest BCUT2D eigenvalue weighted by molar-refractivity contribution is 5.77. The van der Waals surface area contributed by atoms with Gasteiger partial charge >= 0.3 is 0 Å². The maximum Gasteiger partial charge on any atom is 0.188 e. The molecule has 0 bridgehead atoms. The first-order chi connectivity index (χ1) is 12.1. The van der Waals surface area contributed by atoms with Crippen LogP contribution in [-0.4, -0.2) is 43.5 Å². The molecule has 1 aromatic carbocycles. The summed E-state index contributed by atoms with van der Waals surface area (Å²) in [6.45, 7) is 3.43. The first kappa shape index (κ1) is 18.6. The summed E-state index contributed by atoms with van der Waals surface area (Å²) >= 11 is 0. The third kappa shape index (κ3) is 5.70. The van der Waals surface area contributed by atoms with Crippen LogP contribution < -0.4 is 20.5 Å². The lowest BCUT2D eigenvalue weighted by atomic mass is 10.1. The van der Waals surface area contributed by atoms with Crippen molar-refractivity contribution in [2.24, 2.45) is 10.7 Å². The van der Waals surface area contributed by atoms with Crippen LogP contribution in [0.4, 0.5) is 0 Å². The van der Waals surface area contributed by atoms with Crippen molar-refractivity contribution in [1.82, 2.24) is 15.5 Å². The molecule has 4 N–H and O–H groups in total. The second-order valence-corrected chi connectivity index (χ2v) is 5.76. The third-order valence-electron chi connectivity index (χ3n) is 3.99. The summed E-state index contributed by atoms with van der Waals surface area (Å²) in [6.07, 6.45) is 4.58. The fourth-order valence-corrected chi connectivity index (χ4v) is 2.52. The fraction of sp³-hybridized carbons (Fsp3) is 0.444. The Morgan fingerprint density at radius 3 is 2.72 bits per heavy atom. The minimum Gasteiger partial charge on any atom is -0.493 e. The second kappa shape index (κ2) is 9.56. The summed E-state index contributed by atoms with van der Waals surface area (Å²) in [4.78, 5) is 4.35. The molecule has 1 heterocycles. The number of nitrogens with zero attached hydrogens (tertiary/aromatic N) is 2. The number of hydrogen-bond acceptors (Lipinski definition) is 4. The van der Waals surface area contributed by atoms with Crippen LogP contribution in [0.5, 0.6) is 11.5 Å². The van der Waals surface area contributed by atoms with E-state index >= 15 is 0 Å². The number of H-pyrrole nitrogens is 1. The molecule has 7 heteroatoms. The fourth-order valence-electron chi connectivity index (χ4n) is 2.52. The molecule has 0 saturated carbocycles. The molecule has 0 saturated heterocycles. The van der Waals surface area contributed by atoms with Gasteiger partial charge in [-0.1, -0.05) is 6.07 Å². The quantitative estimate of drug-likeness (QED) is 0.366. The lowest BCUT2D eigenvalue weighted by molar-refractivity contribution is 0.354. The molecule has 0 amide bonds. The van der Waals surface area contributed by atoms with Gasteiger partial charge in [0.1, 0.15) is 0 Å². The number of hydrogen-bond donors (Lipinski definition) is 3. The van der Waals surface area contributed by atoms with Gasteiger partial charge in [0.25, 0.3) is 0 Å². The normalized spacial score (nSPS) is 11.4. The molecule has 0 spiro atoms. The Morgan fingerprint density at radius 1 is 1.24 bits per heavy atom. The molecule has 136 valence electrons. The molecule has 0 aliphatic heterocycles. The molecule has 0 unspecified atom stereocenters. The van der Waals surface area contributed by atoms with Crippen molar-refractivity contribution < 1.29 is 9.47 Å². The van der Waals surface area contributed by atoms with E-state index in [-0.39, 0.29) is 0 Å². The topological polar surface area (TPSA) is 97.5 Å². The zero-order chi connectivity index (χ0) is 18.1. The lowest BCUT2D eigenvalue weighted by Gasteiger charge is -2.10. The average Bonchev–Trinajstić information content (AvgIpc) is 3.03. The van der Waals surface area contributed by atoms with E-state index in [9.17, 15) is 0 Å². The Morgan fingerprint density at radius 2 is 2.04 bits per heavy atom. The number of aryl methyl sites for hydroxylation is 2. The van der Waals surface area contributed by atoms with Gasteiger partial charge in [0, 0.05) is 18.8 Å². The van der Waals surface area contributed by atoms with Gasteiger partial charge in [0.15, 0.2) is 17.5 Å². The number of rotatable bonds is 9. The number of ether oxygens (including phenoxy) is 2. The number of guanidine groups is 1. The molecular formula is C18H27N5O2. The molecule has 0 aliphatic carbocycles. The van der Waals surface area contributed by atoms with Crippen molar-refractivity contribution in [3.63, 3.8) is 0 Å². The minimum absolute atomic E-state index is 0.476. The Labute approximate surface area is 148 Å². The van der Waals surface area contributed by atoms with Crippen LogP contribution in [0.15, 0.2) is 29.4 Å². The Balaban J connectivity index is 1.70. The van der Waals surface area contributed by atoms with Crippen LogP contribution in [0.1, 0.15) is 23.2 Å². The van der Waals surface area contributed by atoms with E-state index in [2.05, 4.69) is 20.5 Å². The van der Waals surface area contributed by atoms with E-state index in [1.807, 2.05) is 31.3 Å². The van der Waals surface area contributed by atoms with E-state index in [4.69, 9.17) is 15.2 Å². The van der Waals surface area contributed by atoms with Gasteiger partial charge in [-0.3, -0.25) is 10.1 Å². The number of aromatic nitrogens is 2. The minimum atomic E-state index is 0.476. The first-order valence-electron chi connectivity index (χ1n) is 8.37. The van der Waals surface area contributed by atoms with Crippen molar-refractivity contribution in [2.45, 2.75) is 26.2 Å². The Hall–Kier alpha value is -2.70. The van der Waals surface area contributed by atoms with E-state index < -0.39 is 0 Å². The van der Waals surface area contributed by atoms with Crippen LogP contribution in [-0.2, 0) is 12.8 Å². The first-order valence-corrected chi connectivity index (χ1v) is 8.37. The molecule has 7 nitrogen and oxygen atoms in total. The van der Waals surface area contributed by atoms with E-state index in [1.165, 1.54) is 5.56 Å². The summed E-state index contributed by atoms with van der Waals surface area (Å²) in [5.41, 5.74) is 9.40. The van der Waals surface area contributed by atoms with Gasteiger partial charge in [0.2, 0.25) is 0 Å². The number of nitrogens with one attached hydrogen (secondary N) is 2. The van der Waals surface area contributed by atoms with Gasteiger partial charge in [-0.25, -0.2) is 0 Å². The number of methoxy groups -OCH3 is 2. The zero-order valence-corrected chi connectivity index (χ0v) is 15.1. The molecule has 1 aromatic heterocycles. The van der Waals surface area contributed by atoms with Gasteiger partial charge in [-0.15, -0.1) is 0 Å². The van der Waals surface area contributed by atoms with Crippen LogP contribution in [0.2, 0.25) is 0 Å². The predicted molar refractivity (Wildman–Crippen MR) is 99.4 cm³/mol. The van der Waals surface area contributed by atoms with Crippen molar-refractivity contribution in [2.75, 3.05) is 27.3 Å². The van der Waals surface area contributed by atoms with Crippen LogP contribution in [0.25, 0.3) is 0 Å². The van der Waals surface area contributed by atoms with Gasteiger partial charge in [-0.2, -0.15) is 5.10 Å². The average molecular weight is 345 g/mol. The highest BCUT2D eigenvalue weighted by Crippen LogP contribution is 2.27. The summed E-state index contributed by atoms with van der Waals surface area (Å²) in [6, 6.07) is 5.90. The van der Waals surface area contributed by atoms with Crippen LogP contribution in [0, 0.1) is 6.92 Å². The van der Waals surface area contributed by atoms with Gasteiger partial charge < -0.3 is 20.5 Å². The van der Waals surface area contributed by atoms with Crippen LogP contribution >= 0.6 is 0 Å². The highest BCUT2D eigenvalue weighted by atomic mass is 16.5. The predicted octanol–water partition coefficient (Wildman–Crippen LogP) is 1.81. The summed E-state index contributed by atoms with van der Waals surface area (Å²) < 4.78 is 10.5. The van der Waals surface area contributed by atoms with E-state index in [1.54, 1.807) is 14.2 Å². The largest absolute Gasteiger partial charge is 0.493 e. The Bertz CT molecular complexity index is 697. The number of aromatic amines is 1. The monoisotopic (exact) mass is 345 g/mol. The van der Waals surface area contributed by atoms with Crippen molar-refractivity contribution in [3.8, 4) is 11.5 Å². The van der Waals surface area contributed by atoms with E-state index in [0.29, 0.717) is 19.0 Å². The molecule has 0 aliphatic rings. The SMILES string of the molecule is COc1ccc(CCNC(N)=NCCCc2cn[nH]c2C)cc1OC. The molecule has 2 aromatic rings. The van der Waals surface area contributed by atoms with Crippen molar-refractivity contribution >= 4 is 5.96 Å². The lowest BCUT2D eigenvalue weighted by Crippen LogP contribution is -2.33. The molecule has 0 atom stereocenters. The van der Waals surface area contributed by atoms with Crippen LogP contribution in [0.3, 0.4) is 0 Å². The molecule has 25 heavy (non-hydrogen) atoms. The maximum atomic E-state index is 5.90. The van der Waals surface area contributed by atoms with Crippen molar-refractivity contribution in [1.29, 1.82) is 0 Å². The third-order valence-corrected chi connectivity index (χ3v) is 3.99. The molecule has 0 radical (unpaired) electrons. The van der Waals surface area contributed by atoms with Gasteiger partial charge in [0.05, 0.1) is 20.4 Å². The Kier molecular flexibility index (Phi) is 7.13. The number of aliphatic imine (C=N–C) groups is 1. The molecular weight excluding hydrogens is 318 g/mol. The number of nitrogens with two attached hydrogens (primary N) is 1. The standard InChI is InChI=1S/C18H27N5O2/c1-13-15(12-22-23-13)5-4-9-20-18(19)21-10-8-14-6-7-16(24-2)17(11-14)25-3/h6-7,11-12H,4-5,8-10H2,1-3H3,(H,22,23)(H3,19,20,21). The second-order valence-electron chi connectivity index (χ2n) is 5.76. The summed E-state index contributed by atoms with van der Waals surface area (Å²) in [7, 11) is 3.26. The van der Waals surface area contributed by atoms with Gasteiger partial charge in [-0.05, 0) is 49.4 Å².